The number of benzene rings is 2. The first-order valence-electron chi connectivity index (χ1n) is 16.4. The van der Waals surface area contributed by atoms with E-state index in [2.05, 4.69) is 101 Å². The Bertz CT molecular complexity index is 1740. The fourth-order valence-corrected chi connectivity index (χ4v) is 6.25. The Morgan fingerprint density at radius 1 is 0.532 bits per heavy atom. The van der Waals surface area contributed by atoms with Crippen LogP contribution in [0.25, 0.3) is 34.7 Å². The van der Waals surface area contributed by atoms with Gasteiger partial charge in [-0.2, -0.15) is 0 Å². The summed E-state index contributed by atoms with van der Waals surface area (Å²) in [6.45, 7) is 17.9. The summed E-state index contributed by atoms with van der Waals surface area (Å²) < 4.78 is 4.31. The minimum absolute atomic E-state index is 0. The van der Waals surface area contributed by atoms with E-state index in [0.717, 1.165) is 23.0 Å². The van der Waals surface area contributed by atoms with Gasteiger partial charge in [-0.25, -0.2) is 9.97 Å². The zero-order chi connectivity index (χ0) is 32.5. The van der Waals surface area contributed by atoms with Crippen LogP contribution < -0.4 is 9.97 Å². The van der Waals surface area contributed by atoms with Crippen molar-refractivity contribution in [3.8, 4) is 34.7 Å². The third-order valence-electron chi connectivity index (χ3n) is 8.66. The van der Waals surface area contributed by atoms with E-state index >= 15 is 0 Å². The molecular formula is C38H44N8Pt. The summed E-state index contributed by atoms with van der Waals surface area (Å²) >= 11 is 0. The van der Waals surface area contributed by atoms with Crippen molar-refractivity contribution in [2.45, 2.75) is 91.9 Å². The van der Waals surface area contributed by atoms with Crippen LogP contribution in [0, 0.1) is 0 Å². The minimum atomic E-state index is 0. The van der Waals surface area contributed by atoms with Crippen LogP contribution in [0.1, 0.15) is 113 Å². The molecule has 0 unspecified atom stereocenters. The van der Waals surface area contributed by atoms with Gasteiger partial charge < -0.3 is 19.9 Å². The number of hydrogen-bond donors (Lipinski definition) is 0. The summed E-state index contributed by atoms with van der Waals surface area (Å²) in [5, 5.41) is 0. The summed E-state index contributed by atoms with van der Waals surface area (Å²) in [5.41, 5.74) is 9.33. The zero-order valence-corrected chi connectivity index (χ0v) is 30.8. The van der Waals surface area contributed by atoms with Crippen molar-refractivity contribution in [2.75, 3.05) is 0 Å². The van der Waals surface area contributed by atoms with Crippen LogP contribution in [-0.4, -0.2) is 29.1 Å². The van der Waals surface area contributed by atoms with E-state index in [1.807, 2.05) is 37.2 Å². The number of nitrogens with zero attached hydrogens (tertiary/aromatic N) is 8. The van der Waals surface area contributed by atoms with Crippen LogP contribution in [0.15, 0.2) is 73.6 Å². The fraction of sp³-hybridized carbons (Fsp3) is 0.368. The predicted molar refractivity (Wildman–Crippen MR) is 184 cm³/mol. The topological polar surface area (TPSA) is 89.6 Å². The van der Waals surface area contributed by atoms with Crippen LogP contribution in [0.2, 0.25) is 0 Å². The van der Waals surface area contributed by atoms with Gasteiger partial charge in [0.1, 0.15) is 11.6 Å². The maximum atomic E-state index is 4.91. The Hall–Kier alpha value is -4.03. The van der Waals surface area contributed by atoms with Crippen LogP contribution >= 0.6 is 0 Å². The molecule has 0 aliphatic heterocycles. The second kappa shape index (κ2) is 14.4. The van der Waals surface area contributed by atoms with Gasteiger partial charge in [0, 0.05) is 24.8 Å². The Kier molecular flexibility index (Phi) is 10.5. The first-order valence-corrected chi connectivity index (χ1v) is 16.4. The Labute approximate surface area is 292 Å². The average molecular weight is 808 g/mol. The molecule has 9 heteroatoms. The molecule has 0 bridgehead atoms. The van der Waals surface area contributed by atoms with Gasteiger partial charge in [0.2, 0.25) is 0 Å². The second-order valence-corrected chi connectivity index (χ2v) is 13.3. The van der Waals surface area contributed by atoms with Gasteiger partial charge in [-0.15, -0.1) is 0 Å². The number of hydrogen-bond acceptors (Lipinski definition) is 4. The molecule has 8 nitrogen and oxygen atoms in total. The van der Waals surface area contributed by atoms with Crippen molar-refractivity contribution < 1.29 is 21.1 Å². The van der Waals surface area contributed by atoms with Gasteiger partial charge in [-0.1, -0.05) is 116 Å². The average Bonchev–Trinajstić information content (AvgIpc) is 3.85. The number of aryl methyl sites for hydroxylation is 2. The first-order chi connectivity index (χ1) is 22.1. The molecule has 0 saturated heterocycles. The fourth-order valence-electron chi connectivity index (χ4n) is 6.25. The molecule has 2 aromatic carbocycles. The molecule has 0 aliphatic carbocycles. The predicted octanol–water partition coefficient (Wildman–Crippen LogP) is 8.37. The van der Waals surface area contributed by atoms with Crippen molar-refractivity contribution >= 4 is 0 Å². The standard InChI is InChI=1S/C38H44N8.Pt/c1-23(2)29-11-9-12-30(24(3)4)33(29)45-19-17-39-37(45)35-41-21-27(43-35)15-16-28-22-42-36(44-28)38-40-18-20-46(38)34-31(25(5)6)13-10-14-32(34)26(7)8;/h9-14,17-26H,15-16H2,1-8H3;/q-2;+2. The van der Waals surface area contributed by atoms with Crippen molar-refractivity contribution in [3.63, 3.8) is 0 Å². The van der Waals surface area contributed by atoms with E-state index in [0.29, 0.717) is 48.2 Å². The number of imidazole rings is 4. The molecule has 6 rings (SSSR count). The Morgan fingerprint density at radius 3 is 1.19 bits per heavy atom. The number of rotatable bonds is 11. The van der Waals surface area contributed by atoms with Crippen LogP contribution in [-0.2, 0) is 33.9 Å². The summed E-state index contributed by atoms with van der Waals surface area (Å²) in [4.78, 5) is 28.6. The quantitative estimate of drug-likeness (QED) is 0.131. The van der Waals surface area contributed by atoms with E-state index in [9.17, 15) is 0 Å². The normalized spacial score (nSPS) is 11.7. The molecule has 47 heavy (non-hydrogen) atoms. The smallest absolute Gasteiger partial charge is 0.440 e. The van der Waals surface area contributed by atoms with Crippen LogP contribution in [0.5, 0.6) is 0 Å². The molecule has 6 aromatic rings. The summed E-state index contributed by atoms with van der Waals surface area (Å²) in [7, 11) is 0. The van der Waals surface area contributed by atoms with Gasteiger partial charge in [-0.05, 0) is 70.4 Å². The van der Waals surface area contributed by atoms with E-state index < -0.39 is 0 Å². The Balaban J connectivity index is 0.00000433. The van der Waals surface area contributed by atoms with Gasteiger partial charge >= 0.3 is 21.1 Å². The molecule has 0 radical (unpaired) electrons. The van der Waals surface area contributed by atoms with E-state index in [4.69, 9.17) is 29.9 Å². The molecule has 4 heterocycles. The number of aromatic nitrogens is 8. The summed E-state index contributed by atoms with van der Waals surface area (Å²) in [6.07, 6.45) is 12.8. The van der Waals surface area contributed by atoms with Crippen LogP contribution in [0.3, 0.4) is 0 Å². The molecule has 0 amide bonds. The van der Waals surface area contributed by atoms with Gasteiger partial charge in [-0.3, -0.25) is 9.13 Å². The van der Waals surface area contributed by atoms with Crippen molar-refractivity contribution in [2.24, 2.45) is 0 Å². The van der Waals surface area contributed by atoms with Crippen molar-refractivity contribution in [1.29, 1.82) is 0 Å². The van der Waals surface area contributed by atoms with E-state index in [-0.39, 0.29) is 21.1 Å². The molecule has 0 fully saturated rings. The Morgan fingerprint density at radius 2 is 0.872 bits per heavy atom. The summed E-state index contributed by atoms with van der Waals surface area (Å²) in [6, 6.07) is 13.1. The monoisotopic (exact) mass is 807 g/mol. The number of para-hydroxylation sites is 2. The molecule has 0 atom stereocenters. The largest absolute Gasteiger partial charge is 2.00 e. The van der Waals surface area contributed by atoms with Crippen molar-refractivity contribution in [1.82, 2.24) is 39.0 Å². The molecule has 246 valence electrons. The zero-order valence-electron chi connectivity index (χ0n) is 28.5. The van der Waals surface area contributed by atoms with Gasteiger partial charge in [0.25, 0.3) is 0 Å². The van der Waals surface area contributed by atoms with E-state index in [1.54, 1.807) is 0 Å². The van der Waals surface area contributed by atoms with Crippen molar-refractivity contribution in [3.05, 3.63) is 107 Å². The summed E-state index contributed by atoms with van der Waals surface area (Å²) in [5.74, 6) is 4.26. The van der Waals surface area contributed by atoms with E-state index in [1.165, 1.54) is 33.6 Å². The molecule has 0 N–H and O–H groups in total. The third kappa shape index (κ3) is 6.84. The maximum Gasteiger partial charge on any atom is 2.00 e. The maximum absolute atomic E-state index is 4.91. The first kappa shape index (κ1) is 34.3. The van der Waals surface area contributed by atoms with Gasteiger partial charge in [0.05, 0.1) is 11.4 Å². The molecule has 0 aliphatic rings. The molecular weight excluding hydrogens is 764 g/mol. The van der Waals surface area contributed by atoms with Gasteiger partial charge in [0.15, 0.2) is 0 Å². The molecule has 4 aromatic heterocycles. The van der Waals surface area contributed by atoms with Crippen LogP contribution in [0.4, 0.5) is 0 Å². The third-order valence-corrected chi connectivity index (χ3v) is 8.66. The second-order valence-electron chi connectivity index (χ2n) is 13.3. The molecule has 0 spiro atoms. The molecule has 0 saturated carbocycles. The minimum Gasteiger partial charge on any atom is -0.440 e. The SMILES string of the molecule is CC(C)c1cccc(C(C)C)c1-n1ccnc1-c1ncc(CCc2cnc(-c3nccn3-c3c(C(C)C)cccc3C(C)C)[n-]2)[n-]1.[Pt+2].